The van der Waals surface area contributed by atoms with Crippen molar-refractivity contribution in [3.8, 4) is 5.75 Å². The number of fused-ring (bicyclic) bond motifs is 2. The zero-order chi connectivity index (χ0) is 27.2. The van der Waals surface area contributed by atoms with Crippen LogP contribution in [-0.2, 0) is 4.74 Å². The van der Waals surface area contributed by atoms with Gasteiger partial charge in [0.05, 0.1) is 24.3 Å². The van der Waals surface area contributed by atoms with Crippen LogP contribution in [0.15, 0.2) is 42.5 Å². The second kappa shape index (κ2) is 11.9. The lowest BCUT2D eigenvalue weighted by atomic mass is 9.94. The first-order chi connectivity index (χ1) is 18.4. The number of carbonyl (C=O) groups is 4. The first kappa shape index (κ1) is 26.9. The fourth-order valence-electron chi connectivity index (χ4n) is 4.38. The Bertz CT molecular complexity index is 1400. The number of hydrogen-bond donors (Lipinski definition) is 4. The molecule has 1 aliphatic carbocycles. The minimum Gasteiger partial charge on any atom is -0.505 e. The van der Waals surface area contributed by atoms with Crippen LogP contribution in [0.3, 0.4) is 0 Å². The number of nitrogens with zero attached hydrogens (tertiary/aromatic N) is 1. The Kier molecular flexibility index (Phi) is 8.45. The number of aliphatic hydroxyl groups excluding tert-OH is 1. The summed E-state index contributed by atoms with van der Waals surface area (Å²) >= 11 is 0. The highest BCUT2D eigenvalue weighted by Gasteiger charge is 2.43. The molecule has 38 heavy (non-hydrogen) atoms. The molecule has 0 fully saturated rings. The first-order valence-corrected chi connectivity index (χ1v) is 12.5. The lowest BCUT2D eigenvalue weighted by Crippen LogP contribution is -2.27. The summed E-state index contributed by atoms with van der Waals surface area (Å²) in [4.78, 5) is 56.5. The number of ketones is 2. The molecule has 0 radical (unpaired) electrons. The predicted molar refractivity (Wildman–Crippen MR) is 139 cm³/mol. The van der Waals surface area contributed by atoms with Crippen LogP contribution >= 0.6 is 0 Å². The maximum Gasteiger partial charge on any atom is 0.255 e. The van der Waals surface area contributed by atoms with Gasteiger partial charge in [0.25, 0.3) is 11.8 Å². The molecule has 2 aromatic carbocycles. The highest BCUT2D eigenvalue weighted by molar-refractivity contribution is 6.30. The van der Waals surface area contributed by atoms with Gasteiger partial charge in [0, 0.05) is 41.8 Å². The molecule has 10 heteroatoms. The lowest BCUT2D eigenvalue weighted by Gasteiger charge is -2.15. The van der Waals surface area contributed by atoms with E-state index < -0.39 is 35.0 Å². The molecule has 0 saturated heterocycles. The molecule has 0 bridgehead atoms. The highest BCUT2D eigenvalue weighted by Crippen LogP contribution is 2.40. The van der Waals surface area contributed by atoms with Gasteiger partial charge in [-0.15, -0.1) is 0 Å². The Morgan fingerprint density at radius 2 is 1.71 bits per heavy atom. The van der Waals surface area contributed by atoms with E-state index in [1.807, 2.05) is 0 Å². The van der Waals surface area contributed by atoms with Crippen molar-refractivity contribution in [3.63, 3.8) is 0 Å². The van der Waals surface area contributed by atoms with Gasteiger partial charge in [-0.05, 0) is 30.7 Å². The minimum absolute atomic E-state index is 0.0486. The molecule has 1 aliphatic rings. The Morgan fingerprint density at radius 3 is 2.47 bits per heavy atom. The number of pyridine rings is 1. The maximum absolute atomic E-state index is 13.4. The van der Waals surface area contributed by atoms with E-state index in [0.717, 1.165) is 12.8 Å². The first-order valence-electron chi connectivity index (χ1n) is 12.5. The fraction of sp³-hybridized carbons (Fsp3) is 0.321. The summed E-state index contributed by atoms with van der Waals surface area (Å²) in [6.07, 6.45) is 1.95. The van der Waals surface area contributed by atoms with Crippen molar-refractivity contribution in [2.24, 2.45) is 0 Å². The van der Waals surface area contributed by atoms with Gasteiger partial charge < -0.3 is 25.6 Å². The van der Waals surface area contributed by atoms with E-state index in [1.54, 1.807) is 24.3 Å². The summed E-state index contributed by atoms with van der Waals surface area (Å²) < 4.78 is 5.43. The second-order valence-electron chi connectivity index (χ2n) is 8.86. The quantitative estimate of drug-likeness (QED) is 0.222. The maximum atomic E-state index is 13.4. The van der Waals surface area contributed by atoms with Gasteiger partial charge in [0.15, 0.2) is 17.3 Å². The molecule has 1 aromatic heterocycles. The second-order valence-corrected chi connectivity index (χ2v) is 8.86. The number of amides is 2. The molecule has 3 aromatic rings. The van der Waals surface area contributed by atoms with Crippen molar-refractivity contribution in [2.45, 2.75) is 25.7 Å². The molecule has 1 heterocycles. The van der Waals surface area contributed by atoms with Crippen LogP contribution in [0.1, 0.15) is 72.8 Å². The Morgan fingerprint density at radius 1 is 0.974 bits per heavy atom. The standard InChI is InChI=1S/C28H29N3O7/c1-2-3-13-38-14-11-30-27(36)16-8-9-17-19(15-16)25(34)22(24(17)33)23-26(35)21(28(37)29-10-12-32)18-6-4-5-7-20(18)31-23/h4-9,15,22,32,35H,2-3,10-14H2,1H3,(H,29,37)(H,30,36). The molecule has 1 unspecified atom stereocenters. The Balaban J connectivity index is 1.63. The van der Waals surface area contributed by atoms with Crippen LogP contribution in [0.25, 0.3) is 10.9 Å². The van der Waals surface area contributed by atoms with Crippen LogP contribution in [0.5, 0.6) is 5.75 Å². The van der Waals surface area contributed by atoms with E-state index in [2.05, 4.69) is 22.5 Å². The summed E-state index contributed by atoms with van der Waals surface area (Å²) in [6, 6.07) is 10.8. The summed E-state index contributed by atoms with van der Waals surface area (Å²) in [7, 11) is 0. The summed E-state index contributed by atoms with van der Waals surface area (Å²) in [5.41, 5.74) is 0.301. The summed E-state index contributed by atoms with van der Waals surface area (Å²) in [6.45, 7) is 2.97. The van der Waals surface area contributed by atoms with Crippen molar-refractivity contribution >= 4 is 34.3 Å². The van der Waals surface area contributed by atoms with Crippen molar-refractivity contribution in [1.29, 1.82) is 0 Å². The Hall–Kier alpha value is -4.15. The van der Waals surface area contributed by atoms with E-state index in [0.29, 0.717) is 30.7 Å². The molecule has 0 aliphatic heterocycles. The average Bonchev–Trinajstić information content (AvgIpc) is 3.17. The number of rotatable bonds is 11. The molecule has 4 N–H and O–H groups in total. The van der Waals surface area contributed by atoms with Crippen LogP contribution < -0.4 is 10.6 Å². The van der Waals surface area contributed by atoms with E-state index in [9.17, 15) is 24.3 Å². The number of Topliss-reactive ketones (excluding diaryl/α,β-unsaturated/α-hetero) is 2. The third kappa shape index (κ3) is 5.27. The molecule has 198 valence electrons. The number of aromatic hydroxyl groups is 1. The number of benzene rings is 2. The van der Waals surface area contributed by atoms with Crippen molar-refractivity contribution < 1.29 is 34.1 Å². The van der Waals surface area contributed by atoms with E-state index in [4.69, 9.17) is 9.84 Å². The van der Waals surface area contributed by atoms with E-state index in [1.165, 1.54) is 18.2 Å². The number of carbonyl (C=O) groups excluding carboxylic acids is 4. The lowest BCUT2D eigenvalue weighted by molar-refractivity contribution is 0.0880. The van der Waals surface area contributed by atoms with Crippen LogP contribution in [-0.4, -0.2) is 71.5 Å². The van der Waals surface area contributed by atoms with Gasteiger partial charge in [-0.1, -0.05) is 31.5 Å². The molecule has 1 atom stereocenters. The van der Waals surface area contributed by atoms with Crippen LogP contribution in [0.4, 0.5) is 0 Å². The van der Waals surface area contributed by atoms with Gasteiger partial charge in [-0.25, -0.2) is 4.98 Å². The van der Waals surface area contributed by atoms with Gasteiger partial charge in [0.2, 0.25) is 0 Å². The summed E-state index contributed by atoms with van der Waals surface area (Å²) in [5, 5.41) is 25.7. The average molecular weight is 520 g/mol. The van der Waals surface area contributed by atoms with Crippen LogP contribution in [0, 0.1) is 0 Å². The Labute approximate surface area is 219 Å². The zero-order valence-corrected chi connectivity index (χ0v) is 21.0. The highest BCUT2D eigenvalue weighted by atomic mass is 16.5. The number of unbranched alkanes of at least 4 members (excludes halogenated alkanes) is 1. The topological polar surface area (TPSA) is 155 Å². The van der Waals surface area contributed by atoms with Gasteiger partial charge >= 0.3 is 0 Å². The van der Waals surface area contributed by atoms with Crippen molar-refractivity contribution in [2.75, 3.05) is 32.9 Å². The third-order valence-corrected chi connectivity index (χ3v) is 6.30. The molecule has 10 nitrogen and oxygen atoms in total. The van der Waals surface area contributed by atoms with Crippen molar-refractivity contribution in [3.05, 3.63) is 70.4 Å². The van der Waals surface area contributed by atoms with E-state index in [-0.39, 0.29) is 41.1 Å². The SMILES string of the molecule is CCCCOCCNC(=O)c1ccc2c(c1)C(=O)C(c1nc3ccccc3c(C(=O)NCCO)c1O)C2=O. The predicted octanol–water partition coefficient (Wildman–Crippen LogP) is 2.37. The molecular formula is C28H29N3O7. The normalized spacial score (nSPS) is 14.5. The van der Waals surface area contributed by atoms with Gasteiger partial charge in [-0.3, -0.25) is 19.2 Å². The molecular weight excluding hydrogens is 490 g/mol. The molecule has 0 saturated carbocycles. The monoisotopic (exact) mass is 519 g/mol. The molecule has 4 rings (SSSR count). The van der Waals surface area contributed by atoms with Gasteiger partial charge in [0.1, 0.15) is 11.6 Å². The number of hydrogen-bond acceptors (Lipinski definition) is 8. The zero-order valence-electron chi connectivity index (χ0n) is 21.0. The minimum atomic E-state index is -1.47. The largest absolute Gasteiger partial charge is 0.505 e. The molecule has 2 amide bonds. The number of aliphatic hydroxyl groups is 1. The number of nitrogens with one attached hydrogen (secondary N) is 2. The number of ether oxygens (including phenoxy) is 1. The summed E-state index contributed by atoms with van der Waals surface area (Å²) in [5.74, 6) is -4.35. The third-order valence-electron chi connectivity index (χ3n) is 6.30. The van der Waals surface area contributed by atoms with E-state index >= 15 is 0 Å². The molecule has 0 spiro atoms. The number of para-hydroxylation sites is 1. The smallest absolute Gasteiger partial charge is 0.255 e. The fourth-order valence-corrected chi connectivity index (χ4v) is 4.38. The number of aromatic nitrogens is 1. The van der Waals surface area contributed by atoms with Crippen molar-refractivity contribution in [1.82, 2.24) is 15.6 Å². The van der Waals surface area contributed by atoms with Gasteiger partial charge in [-0.2, -0.15) is 0 Å². The van der Waals surface area contributed by atoms with Crippen LogP contribution in [0.2, 0.25) is 0 Å².